The lowest BCUT2D eigenvalue weighted by Gasteiger charge is -2.23. The molecule has 2 amide bonds. The van der Waals surface area contributed by atoms with E-state index in [0.717, 1.165) is 4.90 Å². The van der Waals surface area contributed by atoms with Gasteiger partial charge in [-0.2, -0.15) is 0 Å². The monoisotopic (exact) mass is 376 g/mol. The van der Waals surface area contributed by atoms with Crippen LogP contribution >= 0.6 is 11.6 Å². The second-order valence-corrected chi connectivity index (χ2v) is 6.56. The number of carboxylic acid groups (broad SMARTS) is 1. The first-order valence-corrected chi connectivity index (χ1v) is 8.34. The van der Waals surface area contributed by atoms with E-state index in [-0.39, 0.29) is 23.9 Å². The number of ether oxygens (including phenoxy) is 1. The minimum Gasteiger partial charge on any atom is -0.465 e. The predicted octanol–water partition coefficient (Wildman–Crippen LogP) is 3.21. The van der Waals surface area contributed by atoms with Gasteiger partial charge in [-0.05, 0) is 12.1 Å². The molecule has 2 aliphatic rings. The largest absolute Gasteiger partial charge is 0.465 e. The third-order valence-electron chi connectivity index (χ3n) is 4.58. The van der Waals surface area contributed by atoms with E-state index < -0.39 is 30.0 Å². The van der Waals surface area contributed by atoms with Crippen molar-refractivity contribution in [3.63, 3.8) is 0 Å². The number of fused-ring (bicyclic) bond motifs is 1. The number of carbonyl (C=O) groups excluding carboxylic acids is 1. The van der Waals surface area contributed by atoms with Crippen LogP contribution in [-0.4, -0.2) is 46.8 Å². The molecule has 0 saturated carbocycles. The van der Waals surface area contributed by atoms with Crippen molar-refractivity contribution < 1.29 is 23.8 Å². The van der Waals surface area contributed by atoms with E-state index in [1.54, 1.807) is 36.4 Å². The lowest BCUT2D eigenvalue weighted by atomic mass is 10.0. The first kappa shape index (κ1) is 16.8. The Morgan fingerprint density at radius 1 is 1.19 bits per heavy atom. The molecule has 3 atom stereocenters. The molecule has 2 saturated heterocycles. The number of nitrogens with zero attached hydrogens (tertiary/aromatic N) is 1. The van der Waals surface area contributed by atoms with Crippen LogP contribution in [0.4, 0.5) is 14.9 Å². The van der Waals surface area contributed by atoms with E-state index in [4.69, 9.17) is 16.3 Å². The summed E-state index contributed by atoms with van der Waals surface area (Å²) in [5.41, 5.74) is 0.707. The Morgan fingerprint density at radius 3 is 2.65 bits per heavy atom. The van der Waals surface area contributed by atoms with Gasteiger partial charge in [0, 0.05) is 16.1 Å². The van der Waals surface area contributed by atoms with E-state index in [9.17, 15) is 19.1 Å². The Morgan fingerprint density at radius 2 is 1.92 bits per heavy atom. The molecule has 0 bridgehead atoms. The second-order valence-electron chi connectivity index (χ2n) is 6.16. The minimum atomic E-state index is -1.20. The molecule has 2 aromatic rings. The van der Waals surface area contributed by atoms with Crippen LogP contribution in [-0.2, 0) is 9.53 Å². The van der Waals surface area contributed by atoms with Crippen molar-refractivity contribution in [2.45, 2.75) is 18.2 Å². The van der Waals surface area contributed by atoms with Crippen molar-refractivity contribution in [1.82, 2.24) is 4.90 Å². The summed E-state index contributed by atoms with van der Waals surface area (Å²) >= 11 is 6.13. The lowest BCUT2D eigenvalue weighted by molar-refractivity contribution is -0.121. The molecule has 2 aromatic carbocycles. The van der Waals surface area contributed by atoms with Crippen LogP contribution in [0, 0.1) is 5.82 Å². The van der Waals surface area contributed by atoms with Crippen molar-refractivity contribution in [3.8, 4) is 11.1 Å². The summed E-state index contributed by atoms with van der Waals surface area (Å²) in [4.78, 5) is 24.8. The first-order valence-electron chi connectivity index (χ1n) is 7.96. The normalized spacial score (nSPS) is 23.5. The molecule has 2 N–H and O–H groups in total. The highest BCUT2D eigenvalue weighted by Crippen LogP contribution is 2.38. The first-order chi connectivity index (χ1) is 12.5. The maximum atomic E-state index is 14.9. The second kappa shape index (κ2) is 6.26. The van der Waals surface area contributed by atoms with Crippen molar-refractivity contribution in [3.05, 3.63) is 53.3 Å². The van der Waals surface area contributed by atoms with Crippen LogP contribution in [0.3, 0.4) is 0 Å². The maximum absolute atomic E-state index is 14.9. The fourth-order valence-electron chi connectivity index (χ4n) is 3.28. The van der Waals surface area contributed by atoms with Crippen LogP contribution in [0.15, 0.2) is 42.5 Å². The fourth-order valence-corrected chi connectivity index (χ4v) is 3.51. The van der Waals surface area contributed by atoms with Crippen molar-refractivity contribution in [1.29, 1.82) is 0 Å². The number of amides is 2. The highest BCUT2D eigenvalue weighted by atomic mass is 35.5. The van der Waals surface area contributed by atoms with E-state index in [2.05, 4.69) is 5.32 Å². The molecule has 6 nitrogen and oxygen atoms in total. The van der Waals surface area contributed by atoms with Gasteiger partial charge in [-0.1, -0.05) is 41.9 Å². The topological polar surface area (TPSA) is 82.2 Å². The van der Waals surface area contributed by atoms with Gasteiger partial charge >= 0.3 is 6.09 Å². The van der Waals surface area contributed by atoms with Gasteiger partial charge in [0.15, 0.2) is 5.82 Å². The molecule has 0 spiro atoms. The minimum absolute atomic E-state index is 0.0399. The maximum Gasteiger partial charge on any atom is 0.408 e. The van der Waals surface area contributed by atoms with Crippen LogP contribution in [0.1, 0.15) is 0 Å². The molecule has 0 radical (unpaired) electrons. The van der Waals surface area contributed by atoms with Gasteiger partial charge in [0.05, 0.1) is 12.2 Å². The molecule has 26 heavy (non-hydrogen) atoms. The number of epoxide rings is 1. The number of hydrogen-bond donors (Lipinski definition) is 2. The van der Waals surface area contributed by atoms with E-state index in [1.165, 1.54) is 6.07 Å². The van der Waals surface area contributed by atoms with Gasteiger partial charge in [-0.3, -0.25) is 9.69 Å². The van der Waals surface area contributed by atoms with Crippen molar-refractivity contribution >= 4 is 29.3 Å². The number of nitrogens with one attached hydrogen (secondary N) is 1. The summed E-state index contributed by atoms with van der Waals surface area (Å²) in [5.74, 6) is -1.25. The summed E-state index contributed by atoms with van der Waals surface area (Å²) in [6, 6.07) is 10.4. The molecule has 0 aliphatic carbocycles. The quantitative estimate of drug-likeness (QED) is 0.806. The molecule has 134 valence electrons. The van der Waals surface area contributed by atoms with Crippen molar-refractivity contribution in [2.24, 2.45) is 0 Å². The molecule has 2 aliphatic heterocycles. The predicted molar refractivity (Wildman–Crippen MR) is 92.7 cm³/mol. The molecular weight excluding hydrogens is 363 g/mol. The zero-order chi connectivity index (χ0) is 18.4. The number of likely N-dealkylation sites (tertiary alicyclic amines) is 1. The van der Waals surface area contributed by atoms with Crippen LogP contribution < -0.4 is 5.32 Å². The molecule has 2 heterocycles. The number of morpholine rings is 1. The molecule has 3 unspecified atom stereocenters. The molecule has 4 rings (SSSR count). The van der Waals surface area contributed by atoms with E-state index in [0.29, 0.717) is 10.6 Å². The van der Waals surface area contributed by atoms with E-state index in [1.807, 2.05) is 0 Å². The Balaban J connectivity index is 1.61. The molecule has 8 heteroatoms. The van der Waals surface area contributed by atoms with Gasteiger partial charge in [-0.25, -0.2) is 9.18 Å². The summed E-state index contributed by atoms with van der Waals surface area (Å²) in [7, 11) is 0. The highest BCUT2D eigenvalue weighted by molar-refractivity contribution is 6.33. The fraction of sp³-hybridized carbons (Fsp3) is 0.222. The smallest absolute Gasteiger partial charge is 0.408 e. The summed E-state index contributed by atoms with van der Waals surface area (Å²) in [6.07, 6.45) is -1.94. The summed E-state index contributed by atoms with van der Waals surface area (Å²) in [5, 5.41) is 12.1. The summed E-state index contributed by atoms with van der Waals surface area (Å²) < 4.78 is 20.2. The van der Waals surface area contributed by atoms with Crippen molar-refractivity contribution in [2.75, 3.05) is 11.9 Å². The molecule has 2 fully saturated rings. The number of hydrogen-bond acceptors (Lipinski definition) is 3. The molecular formula is C18H14ClFN2O4. The lowest BCUT2D eigenvalue weighted by Crippen LogP contribution is -2.46. The standard InChI is InChI=1S/C18H14ClFN2O4/c19-11-6-2-1-4-9(11)10-5-3-7-12(14(10)20)21-17(23)15-16-13(26-16)8-22(15)18(24)25/h1-7,13,15-16H,8H2,(H,21,23)(H,24,25). The van der Waals surface area contributed by atoms with E-state index >= 15 is 0 Å². The van der Waals surface area contributed by atoms with Crippen LogP contribution in [0.5, 0.6) is 0 Å². The highest BCUT2D eigenvalue weighted by Gasteiger charge is 2.59. The number of rotatable bonds is 3. The molecule has 0 aromatic heterocycles. The average molecular weight is 377 g/mol. The number of anilines is 1. The number of carbonyl (C=O) groups is 2. The van der Waals surface area contributed by atoms with Gasteiger partial charge in [0.25, 0.3) is 0 Å². The Kier molecular flexibility index (Phi) is 4.05. The zero-order valence-corrected chi connectivity index (χ0v) is 14.1. The third-order valence-corrected chi connectivity index (χ3v) is 4.91. The van der Waals surface area contributed by atoms with Crippen LogP contribution in [0.2, 0.25) is 5.02 Å². The SMILES string of the molecule is O=C(Nc1cccc(-c2ccccc2Cl)c1F)C1C2OC2CN1C(=O)O. The average Bonchev–Trinajstić information content (AvgIpc) is 3.27. The van der Waals surface area contributed by atoms with Gasteiger partial charge < -0.3 is 15.2 Å². The Labute approximate surface area is 153 Å². The zero-order valence-electron chi connectivity index (χ0n) is 13.4. The van der Waals surface area contributed by atoms with Crippen LogP contribution in [0.25, 0.3) is 11.1 Å². The number of benzene rings is 2. The Hall–Kier alpha value is -2.64. The third kappa shape index (κ3) is 2.79. The Bertz CT molecular complexity index is 907. The van der Waals surface area contributed by atoms with Gasteiger partial charge in [0.2, 0.25) is 5.91 Å². The van der Waals surface area contributed by atoms with Gasteiger partial charge in [-0.15, -0.1) is 0 Å². The summed E-state index contributed by atoms with van der Waals surface area (Å²) in [6.45, 7) is 0.139. The number of halogens is 2. The van der Waals surface area contributed by atoms with Gasteiger partial charge in [0.1, 0.15) is 18.2 Å².